The van der Waals surface area contributed by atoms with Gasteiger partial charge in [-0.15, -0.1) is 0 Å². The molecule has 176 valence electrons. The third-order valence-electron chi connectivity index (χ3n) is 7.23. The smallest absolute Gasteiger partial charge is 0.134 e. The number of hydrogen-bond donors (Lipinski definition) is 2. The summed E-state index contributed by atoms with van der Waals surface area (Å²) in [4.78, 5) is 0. The van der Waals surface area contributed by atoms with Crippen LogP contribution in [-0.2, 0) is 44.6 Å². The van der Waals surface area contributed by atoms with E-state index in [-0.39, 0.29) is 24.4 Å². The zero-order valence-electron chi connectivity index (χ0n) is 19.3. The van der Waals surface area contributed by atoms with Crippen molar-refractivity contribution in [1.29, 1.82) is 0 Å². The molecule has 33 heavy (non-hydrogen) atoms. The second-order valence-corrected chi connectivity index (χ2v) is 9.80. The summed E-state index contributed by atoms with van der Waals surface area (Å²) in [6.45, 7) is 7.32. The summed E-state index contributed by atoms with van der Waals surface area (Å²) in [5.74, 6) is 1.73. The van der Waals surface area contributed by atoms with E-state index in [2.05, 4.69) is 13.8 Å². The Hall–Kier alpha value is -2.32. The SMILES string of the molecule is Cc1c(Oc2c(CC3CO3)c(C)c(N)c(CC3CO3)c2CC2CO2)ccc(N)c1CC1CO1. The summed E-state index contributed by atoms with van der Waals surface area (Å²) in [7, 11) is 0. The van der Waals surface area contributed by atoms with Gasteiger partial charge in [0.1, 0.15) is 11.5 Å². The molecular weight excluding hydrogens is 420 g/mol. The van der Waals surface area contributed by atoms with Gasteiger partial charge < -0.3 is 35.2 Å². The van der Waals surface area contributed by atoms with Gasteiger partial charge in [0.15, 0.2) is 0 Å². The average Bonchev–Trinajstić information content (AvgIpc) is 3.62. The van der Waals surface area contributed by atoms with E-state index in [0.29, 0.717) is 0 Å². The standard InChI is InChI=1S/C26H32N2O5/c1-13-19(5-15-9-29-15)23(27)3-4-24(13)33-26-20(6-16-10-30-16)14(2)25(28)21(7-17-11-31-17)22(26)8-18-12-32-18/h3-4,15-18H,5-12,27-28H2,1-2H3. The van der Waals surface area contributed by atoms with Gasteiger partial charge in [-0.25, -0.2) is 0 Å². The molecule has 4 atom stereocenters. The quantitative estimate of drug-likeness (QED) is 0.421. The summed E-state index contributed by atoms with van der Waals surface area (Å²) in [5, 5.41) is 0. The Labute approximate surface area is 194 Å². The molecule has 4 saturated heterocycles. The van der Waals surface area contributed by atoms with E-state index in [1.165, 1.54) is 0 Å². The molecule has 7 heteroatoms. The van der Waals surface area contributed by atoms with Gasteiger partial charge in [0, 0.05) is 48.2 Å². The molecule has 0 radical (unpaired) electrons. The average molecular weight is 453 g/mol. The highest BCUT2D eigenvalue weighted by atomic mass is 16.6. The monoisotopic (exact) mass is 452 g/mol. The highest BCUT2D eigenvalue weighted by molar-refractivity contribution is 5.68. The lowest BCUT2D eigenvalue weighted by molar-refractivity contribution is 0.392. The van der Waals surface area contributed by atoms with E-state index >= 15 is 0 Å². The summed E-state index contributed by atoms with van der Waals surface area (Å²) in [6.07, 6.45) is 4.13. The maximum absolute atomic E-state index is 6.80. The molecule has 6 rings (SSSR count). The van der Waals surface area contributed by atoms with Gasteiger partial charge in [-0.1, -0.05) is 0 Å². The summed E-state index contributed by atoms with van der Waals surface area (Å²) < 4.78 is 29.0. The molecule has 0 amide bonds. The number of anilines is 2. The van der Waals surface area contributed by atoms with E-state index in [1.807, 2.05) is 12.1 Å². The largest absolute Gasteiger partial charge is 0.456 e. The first kappa shape index (κ1) is 21.2. The molecule has 2 aromatic carbocycles. The van der Waals surface area contributed by atoms with Crippen LogP contribution in [0.5, 0.6) is 11.5 Å². The molecule has 0 aromatic heterocycles. The molecule has 4 heterocycles. The Balaban J connectivity index is 1.45. The molecule has 4 N–H and O–H groups in total. The first-order valence-electron chi connectivity index (χ1n) is 11.9. The van der Waals surface area contributed by atoms with E-state index in [9.17, 15) is 0 Å². The molecular formula is C26H32N2O5. The van der Waals surface area contributed by atoms with Crippen LogP contribution in [0.15, 0.2) is 12.1 Å². The number of nitrogens with two attached hydrogens (primary N) is 2. The molecule has 4 aliphatic heterocycles. The lowest BCUT2D eigenvalue weighted by Crippen LogP contribution is -2.14. The number of benzene rings is 2. The second kappa shape index (κ2) is 8.17. The van der Waals surface area contributed by atoms with Crippen LogP contribution in [0.3, 0.4) is 0 Å². The van der Waals surface area contributed by atoms with E-state index in [1.54, 1.807) is 0 Å². The Bertz CT molecular complexity index is 1090. The minimum absolute atomic E-state index is 0.216. The summed E-state index contributed by atoms with van der Waals surface area (Å²) in [6, 6.07) is 3.92. The van der Waals surface area contributed by atoms with Crippen LogP contribution in [0.1, 0.15) is 33.4 Å². The molecule has 4 fully saturated rings. The summed E-state index contributed by atoms with van der Waals surface area (Å²) in [5.41, 5.74) is 21.4. The number of epoxide rings is 4. The molecule has 0 spiro atoms. The van der Waals surface area contributed by atoms with Crippen LogP contribution < -0.4 is 16.2 Å². The maximum Gasteiger partial charge on any atom is 0.134 e. The van der Waals surface area contributed by atoms with Gasteiger partial charge in [0.05, 0.1) is 50.8 Å². The van der Waals surface area contributed by atoms with E-state index in [0.717, 1.165) is 108 Å². The van der Waals surface area contributed by atoms with Gasteiger partial charge in [-0.3, -0.25) is 0 Å². The Kier molecular flexibility index (Phi) is 5.25. The minimum Gasteiger partial charge on any atom is -0.456 e. The van der Waals surface area contributed by atoms with Crippen molar-refractivity contribution < 1.29 is 23.7 Å². The topological polar surface area (TPSA) is 111 Å². The third-order valence-corrected chi connectivity index (χ3v) is 7.23. The van der Waals surface area contributed by atoms with E-state index in [4.69, 9.17) is 35.2 Å². The van der Waals surface area contributed by atoms with Crippen molar-refractivity contribution in [3.8, 4) is 11.5 Å². The van der Waals surface area contributed by atoms with Crippen molar-refractivity contribution in [3.05, 3.63) is 45.5 Å². The number of hydrogen-bond acceptors (Lipinski definition) is 7. The van der Waals surface area contributed by atoms with Crippen LogP contribution in [0.25, 0.3) is 0 Å². The highest BCUT2D eigenvalue weighted by Crippen LogP contribution is 2.44. The zero-order valence-corrected chi connectivity index (χ0v) is 19.3. The van der Waals surface area contributed by atoms with Crippen molar-refractivity contribution in [2.75, 3.05) is 37.9 Å². The number of rotatable bonds is 10. The lowest BCUT2D eigenvalue weighted by Gasteiger charge is -2.24. The zero-order chi connectivity index (χ0) is 22.7. The van der Waals surface area contributed by atoms with Crippen LogP contribution in [-0.4, -0.2) is 50.8 Å². The van der Waals surface area contributed by atoms with Crippen LogP contribution >= 0.6 is 0 Å². The first-order valence-corrected chi connectivity index (χ1v) is 11.9. The van der Waals surface area contributed by atoms with Crippen LogP contribution in [0.2, 0.25) is 0 Å². The third kappa shape index (κ3) is 4.55. The minimum atomic E-state index is 0.216. The van der Waals surface area contributed by atoms with Crippen molar-refractivity contribution in [1.82, 2.24) is 0 Å². The predicted octanol–water partition coefficient (Wildman–Crippen LogP) is 3.03. The maximum atomic E-state index is 6.80. The van der Waals surface area contributed by atoms with Crippen LogP contribution in [0, 0.1) is 13.8 Å². The van der Waals surface area contributed by atoms with Gasteiger partial charge in [-0.05, 0) is 48.2 Å². The first-order chi connectivity index (χ1) is 16.0. The number of nitrogen functional groups attached to an aromatic ring is 2. The second-order valence-electron chi connectivity index (χ2n) is 9.80. The fraction of sp³-hybridized carbons (Fsp3) is 0.538. The Morgan fingerprint density at radius 2 is 1.18 bits per heavy atom. The molecule has 7 nitrogen and oxygen atoms in total. The Morgan fingerprint density at radius 1 is 0.697 bits per heavy atom. The predicted molar refractivity (Wildman–Crippen MR) is 125 cm³/mol. The van der Waals surface area contributed by atoms with Crippen molar-refractivity contribution in [2.24, 2.45) is 0 Å². The molecule has 4 unspecified atom stereocenters. The molecule has 0 saturated carbocycles. The van der Waals surface area contributed by atoms with E-state index < -0.39 is 0 Å². The van der Waals surface area contributed by atoms with Gasteiger partial charge in [0.2, 0.25) is 0 Å². The van der Waals surface area contributed by atoms with Crippen LogP contribution in [0.4, 0.5) is 11.4 Å². The number of ether oxygens (including phenoxy) is 5. The van der Waals surface area contributed by atoms with Crippen molar-refractivity contribution in [3.63, 3.8) is 0 Å². The van der Waals surface area contributed by atoms with Crippen molar-refractivity contribution >= 4 is 11.4 Å². The molecule has 0 bridgehead atoms. The highest BCUT2D eigenvalue weighted by Gasteiger charge is 2.35. The Morgan fingerprint density at radius 3 is 1.73 bits per heavy atom. The summed E-state index contributed by atoms with van der Waals surface area (Å²) >= 11 is 0. The van der Waals surface area contributed by atoms with Crippen molar-refractivity contribution in [2.45, 2.75) is 63.9 Å². The normalized spacial score (nSPS) is 26.8. The van der Waals surface area contributed by atoms with Gasteiger partial charge in [-0.2, -0.15) is 0 Å². The molecule has 0 aliphatic carbocycles. The van der Waals surface area contributed by atoms with Gasteiger partial charge in [0.25, 0.3) is 0 Å². The molecule has 4 aliphatic rings. The lowest BCUT2D eigenvalue weighted by atomic mass is 9.88. The molecule has 2 aromatic rings. The fourth-order valence-corrected chi connectivity index (χ4v) is 4.76. The fourth-order valence-electron chi connectivity index (χ4n) is 4.76. The van der Waals surface area contributed by atoms with Gasteiger partial charge >= 0.3 is 0 Å².